The predicted molar refractivity (Wildman–Crippen MR) is 76.3 cm³/mol. The lowest BCUT2D eigenvalue weighted by Crippen LogP contribution is -2.35. The van der Waals surface area contributed by atoms with Crippen molar-refractivity contribution < 1.29 is 13.2 Å². The van der Waals surface area contributed by atoms with Gasteiger partial charge in [0, 0.05) is 36.7 Å². The van der Waals surface area contributed by atoms with Crippen LogP contribution in [0.4, 0.5) is 13.2 Å². The van der Waals surface area contributed by atoms with Gasteiger partial charge in [-0.1, -0.05) is 11.6 Å². The van der Waals surface area contributed by atoms with E-state index in [0.717, 1.165) is 32.0 Å². The van der Waals surface area contributed by atoms with Crippen LogP contribution in [0.5, 0.6) is 0 Å². The molecule has 2 unspecified atom stereocenters. The molecule has 0 spiro atoms. The highest BCUT2D eigenvalue weighted by atomic mass is 35.5. The van der Waals surface area contributed by atoms with Crippen molar-refractivity contribution in [2.75, 3.05) is 13.1 Å². The van der Waals surface area contributed by atoms with Crippen LogP contribution in [0.3, 0.4) is 0 Å². The average molecular weight is 319 g/mol. The van der Waals surface area contributed by atoms with Crippen molar-refractivity contribution >= 4 is 11.6 Å². The van der Waals surface area contributed by atoms with Gasteiger partial charge in [-0.2, -0.15) is 13.2 Å². The smallest absolute Gasteiger partial charge is 0.310 e. The summed E-state index contributed by atoms with van der Waals surface area (Å²) in [5.41, 5.74) is -0.0351. The molecule has 2 fully saturated rings. The van der Waals surface area contributed by atoms with Gasteiger partial charge in [0.25, 0.3) is 0 Å². The summed E-state index contributed by atoms with van der Waals surface area (Å²) in [4.78, 5) is 2.22. The lowest BCUT2D eigenvalue weighted by molar-refractivity contribution is -0.137. The number of benzene rings is 1. The summed E-state index contributed by atoms with van der Waals surface area (Å²) in [6, 6.07) is 4.87. The third-order valence-electron chi connectivity index (χ3n) is 4.30. The number of nitrogens with zero attached hydrogens (tertiary/aromatic N) is 1. The van der Waals surface area contributed by atoms with Gasteiger partial charge in [0.15, 0.2) is 0 Å². The number of hydrogen-bond acceptors (Lipinski definition) is 2. The molecule has 2 aliphatic rings. The topological polar surface area (TPSA) is 15.3 Å². The van der Waals surface area contributed by atoms with Crippen molar-refractivity contribution in [1.82, 2.24) is 10.2 Å². The van der Waals surface area contributed by atoms with Gasteiger partial charge in [-0.15, -0.1) is 0 Å². The Morgan fingerprint density at radius 1 is 1.14 bits per heavy atom. The molecule has 0 aromatic heterocycles. The highest BCUT2D eigenvalue weighted by molar-refractivity contribution is 6.30. The van der Waals surface area contributed by atoms with Crippen LogP contribution in [0.25, 0.3) is 0 Å². The van der Waals surface area contributed by atoms with Gasteiger partial charge in [-0.05, 0) is 43.0 Å². The van der Waals surface area contributed by atoms with E-state index in [0.29, 0.717) is 24.2 Å². The fourth-order valence-corrected chi connectivity index (χ4v) is 3.58. The van der Waals surface area contributed by atoms with E-state index in [1.165, 1.54) is 12.5 Å². The van der Waals surface area contributed by atoms with Crippen LogP contribution < -0.4 is 5.32 Å². The fraction of sp³-hybridized carbons (Fsp3) is 0.600. The molecule has 6 heteroatoms. The normalized spacial score (nSPS) is 26.9. The Bertz CT molecular complexity index is 518. The molecule has 2 aliphatic heterocycles. The van der Waals surface area contributed by atoms with Gasteiger partial charge in [0.1, 0.15) is 0 Å². The summed E-state index contributed by atoms with van der Waals surface area (Å²) in [7, 11) is 0. The van der Waals surface area contributed by atoms with Crippen LogP contribution >= 0.6 is 11.6 Å². The van der Waals surface area contributed by atoms with Gasteiger partial charge < -0.3 is 5.32 Å². The Morgan fingerprint density at radius 3 is 2.67 bits per heavy atom. The van der Waals surface area contributed by atoms with E-state index < -0.39 is 11.7 Å². The third kappa shape index (κ3) is 3.71. The van der Waals surface area contributed by atoms with E-state index in [1.54, 1.807) is 6.07 Å². The lowest BCUT2D eigenvalue weighted by atomic mass is 10.1. The Balaban J connectivity index is 1.74. The largest absolute Gasteiger partial charge is 0.416 e. The van der Waals surface area contributed by atoms with Crippen LogP contribution in [0, 0.1) is 0 Å². The molecular weight excluding hydrogens is 301 g/mol. The van der Waals surface area contributed by atoms with E-state index in [9.17, 15) is 13.2 Å². The van der Waals surface area contributed by atoms with E-state index in [4.69, 9.17) is 11.6 Å². The molecule has 3 rings (SSSR count). The van der Waals surface area contributed by atoms with Crippen molar-refractivity contribution in [3.8, 4) is 0 Å². The molecule has 1 aromatic carbocycles. The first kappa shape index (κ1) is 15.1. The molecule has 0 saturated carbocycles. The van der Waals surface area contributed by atoms with Gasteiger partial charge in [-0.25, -0.2) is 0 Å². The number of hydrogen-bond donors (Lipinski definition) is 1. The molecule has 2 nitrogen and oxygen atoms in total. The molecule has 2 saturated heterocycles. The first-order valence-electron chi connectivity index (χ1n) is 7.25. The van der Waals surface area contributed by atoms with E-state index >= 15 is 0 Å². The maximum atomic E-state index is 12.8. The second kappa shape index (κ2) is 5.78. The number of alkyl halides is 3. The van der Waals surface area contributed by atoms with Crippen molar-refractivity contribution in [2.45, 2.75) is 44.1 Å². The number of halogens is 4. The molecule has 1 aromatic rings. The molecule has 2 heterocycles. The third-order valence-corrected chi connectivity index (χ3v) is 4.52. The summed E-state index contributed by atoms with van der Waals surface area (Å²) in [6.45, 7) is 2.33. The van der Waals surface area contributed by atoms with Crippen molar-refractivity contribution in [3.63, 3.8) is 0 Å². The number of nitrogens with one attached hydrogen (secondary N) is 1. The molecule has 0 aliphatic carbocycles. The van der Waals surface area contributed by atoms with E-state index in [2.05, 4.69) is 10.2 Å². The lowest BCUT2D eigenvalue weighted by Gasteiger charge is -2.24. The summed E-state index contributed by atoms with van der Waals surface area (Å²) >= 11 is 5.84. The quantitative estimate of drug-likeness (QED) is 0.895. The standard InChI is InChI=1S/C15H18ClF3N2/c16-12-6-10(5-11(7-12)15(17,18)19)8-21-4-3-13-1-2-14(9-21)20-13/h5-7,13-14,20H,1-4,8-9H2. The van der Waals surface area contributed by atoms with Crippen LogP contribution in [0.15, 0.2) is 18.2 Å². The van der Waals surface area contributed by atoms with Crippen molar-refractivity contribution in [2.24, 2.45) is 0 Å². The number of likely N-dealkylation sites (tertiary alicyclic amines) is 1. The number of rotatable bonds is 2. The van der Waals surface area contributed by atoms with Gasteiger partial charge >= 0.3 is 6.18 Å². The van der Waals surface area contributed by atoms with E-state index in [1.807, 2.05) is 0 Å². The summed E-state index contributed by atoms with van der Waals surface area (Å²) in [5.74, 6) is 0. The zero-order valence-electron chi connectivity index (χ0n) is 11.6. The fourth-order valence-electron chi connectivity index (χ4n) is 3.32. The SMILES string of the molecule is FC(F)(F)c1cc(Cl)cc(CN2CCC3CCC(C2)N3)c1. The molecule has 1 N–H and O–H groups in total. The summed E-state index contributed by atoms with van der Waals surface area (Å²) < 4.78 is 38.5. The highest BCUT2D eigenvalue weighted by Gasteiger charge is 2.32. The molecule has 2 bridgehead atoms. The Hall–Kier alpha value is -0.780. The zero-order chi connectivity index (χ0) is 15.0. The second-order valence-corrected chi connectivity index (χ2v) is 6.44. The Labute approximate surface area is 127 Å². The molecule has 21 heavy (non-hydrogen) atoms. The summed E-state index contributed by atoms with van der Waals surface area (Å²) in [5, 5.41) is 3.72. The molecular formula is C15H18ClF3N2. The minimum atomic E-state index is -4.35. The first-order valence-corrected chi connectivity index (χ1v) is 7.63. The zero-order valence-corrected chi connectivity index (χ0v) is 12.3. The van der Waals surface area contributed by atoms with Crippen LogP contribution in [0.2, 0.25) is 5.02 Å². The average Bonchev–Trinajstić information content (AvgIpc) is 2.71. The van der Waals surface area contributed by atoms with Crippen molar-refractivity contribution in [3.05, 3.63) is 34.3 Å². The first-order chi connectivity index (χ1) is 9.90. The second-order valence-electron chi connectivity index (χ2n) is 6.01. The van der Waals surface area contributed by atoms with Crippen molar-refractivity contribution in [1.29, 1.82) is 0 Å². The Morgan fingerprint density at radius 2 is 1.90 bits per heavy atom. The predicted octanol–water partition coefficient (Wildman–Crippen LogP) is 3.69. The number of fused-ring (bicyclic) bond motifs is 2. The van der Waals surface area contributed by atoms with Gasteiger partial charge in [0.2, 0.25) is 0 Å². The van der Waals surface area contributed by atoms with Crippen LogP contribution in [-0.2, 0) is 12.7 Å². The van der Waals surface area contributed by atoms with Gasteiger partial charge in [0.05, 0.1) is 5.56 Å². The summed E-state index contributed by atoms with van der Waals surface area (Å²) in [6.07, 6.45) is -0.916. The van der Waals surface area contributed by atoms with Crippen LogP contribution in [0.1, 0.15) is 30.4 Å². The maximum absolute atomic E-state index is 12.8. The Kier molecular flexibility index (Phi) is 4.17. The maximum Gasteiger partial charge on any atom is 0.416 e. The highest BCUT2D eigenvalue weighted by Crippen LogP contribution is 2.32. The molecule has 0 amide bonds. The minimum Gasteiger partial charge on any atom is -0.310 e. The molecule has 116 valence electrons. The monoisotopic (exact) mass is 318 g/mol. The van der Waals surface area contributed by atoms with Gasteiger partial charge in [-0.3, -0.25) is 4.90 Å². The van der Waals surface area contributed by atoms with Crippen LogP contribution in [-0.4, -0.2) is 30.1 Å². The molecule has 2 atom stereocenters. The minimum absolute atomic E-state index is 0.147. The molecule has 0 radical (unpaired) electrons. The van der Waals surface area contributed by atoms with E-state index in [-0.39, 0.29) is 5.02 Å².